The predicted octanol–water partition coefficient (Wildman–Crippen LogP) is 0.962. The molecule has 5 heteroatoms. The standard InChI is InChI=1S/C9H16N4S/c1-14-5-4-7-8(10)13(11)9(12-7)6-2-3-6/h6H,2-5,10-11H2,1H3. The molecule has 0 saturated heterocycles. The second-order valence-electron chi connectivity index (χ2n) is 3.69. The van der Waals surface area contributed by atoms with Crippen molar-refractivity contribution in [2.75, 3.05) is 23.6 Å². The first kappa shape index (κ1) is 9.71. The number of hydrogen-bond donors (Lipinski definition) is 2. The van der Waals surface area contributed by atoms with E-state index >= 15 is 0 Å². The zero-order valence-electron chi connectivity index (χ0n) is 8.36. The van der Waals surface area contributed by atoms with Gasteiger partial charge in [-0.15, -0.1) is 0 Å². The highest BCUT2D eigenvalue weighted by atomic mass is 32.2. The average Bonchev–Trinajstić information content (AvgIpc) is 2.96. The summed E-state index contributed by atoms with van der Waals surface area (Å²) in [5.74, 6) is 9.06. The molecule has 78 valence electrons. The first-order valence-electron chi connectivity index (χ1n) is 4.85. The third kappa shape index (κ3) is 1.68. The van der Waals surface area contributed by atoms with E-state index in [4.69, 9.17) is 11.6 Å². The minimum Gasteiger partial charge on any atom is -0.382 e. The minimum absolute atomic E-state index is 0.560. The van der Waals surface area contributed by atoms with Crippen LogP contribution in [0.25, 0.3) is 0 Å². The molecule has 0 unspecified atom stereocenters. The Morgan fingerprint density at radius 1 is 1.57 bits per heavy atom. The molecule has 1 aliphatic carbocycles. The van der Waals surface area contributed by atoms with Crippen LogP contribution in [0.3, 0.4) is 0 Å². The molecule has 0 amide bonds. The van der Waals surface area contributed by atoms with Gasteiger partial charge in [0.1, 0.15) is 11.6 Å². The summed E-state index contributed by atoms with van der Waals surface area (Å²) < 4.78 is 1.56. The highest BCUT2D eigenvalue weighted by molar-refractivity contribution is 7.98. The number of hydrogen-bond acceptors (Lipinski definition) is 4. The molecule has 1 aliphatic rings. The largest absolute Gasteiger partial charge is 0.382 e. The van der Waals surface area contributed by atoms with Gasteiger partial charge in [0, 0.05) is 12.3 Å². The van der Waals surface area contributed by atoms with Gasteiger partial charge in [0.15, 0.2) is 0 Å². The van der Waals surface area contributed by atoms with Gasteiger partial charge in [-0.05, 0) is 24.9 Å². The molecule has 1 heterocycles. The Bertz CT molecular complexity index is 330. The van der Waals surface area contributed by atoms with Crippen molar-refractivity contribution in [1.29, 1.82) is 0 Å². The number of aryl methyl sites for hydroxylation is 1. The van der Waals surface area contributed by atoms with E-state index in [-0.39, 0.29) is 0 Å². The molecule has 4 nitrogen and oxygen atoms in total. The number of nitrogens with zero attached hydrogens (tertiary/aromatic N) is 2. The molecule has 14 heavy (non-hydrogen) atoms. The van der Waals surface area contributed by atoms with E-state index in [1.807, 2.05) is 0 Å². The van der Waals surface area contributed by atoms with Crippen LogP contribution in [0.15, 0.2) is 0 Å². The molecule has 0 radical (unpaired) electrons. The zero-order chi connectivity index (χ0) is 10.1. The van der Waals surface area contributed by atoms with Crippen LogP contribution in [0.2, 0.25) is 0 Å². The molecule has 1 fully saturated rings. The van der Waals surface area contributed by atoms with E-state index in [1.54, 1.807) is 16.4 Å². The summed E-state index contributed by atoms with van der Waals surface area (Å²) in [6.45, 7) is 0. The van der Waals surface area contributed by atoms with Crippen LogP contribution >= 0.6 is 11.8 Å². The Morgan fingerprint density at radius 2 is 2.29 bits per heavy atom. The highest BCUT2D eigenvalue weighted by Crippen LogP contribution is 2.39. The van der Waals surface area contributed by atoms with E-state index in [2.05, 4.69) is 11.2 Å². The molecule has 1 aromatic heterocycles. The van der Waals surface area contributed by atoms with Gasteiger partial charge in [-0.1, -0.05) is 0 Å². The van der Waals surface area contributed by atoms with Gasteiger partial charge >= 0.3 is 0 Å². The van der Waals surface area contributed by atoms with Crippen molar-refractivity contribution in [3.05, 3.63) is 11.5 Å². The number of aromatic nitrogens is 2. The predicted molar refractivity (Wildman–Crippen MR) is 60.9 cm³/mol. The van der Waals surface area contributed by atoms with E-state index in [1.165, 1.54) is 12.8 Å². The minimum atomic E-state index is 0.560. The van der Waals surface area contributed by atoms with Gasteiger partial charge in [-0.2, -0.15) is 11.8 Å². The third-order valence-electron chi connectivity index (χ3n) is 2.54. The SMILES string of the molecule is CSCCc1nc(C2CC2)n(N)c1N. The van der Waals surface area contributed by atoms with Crippen LogP contribution in [-0.4, -0.2) is 21.7 Å². The highest BCUT2D eigenvalue weighted by Gasteiger charge is 2.29. The summed E-state index contributed by atoms with van der Waals surface area (Å²) in [6, 6.07) is 0. The lowest BCUT2D eigenvalue weighted by molar-refractivity contribution is 0.852. The quantitative estimate of drug-likeness (QED) is 0.729. The second kappa shape index (κ2) is 3.73. The fourth-order valence-electron chi connectivity index (χ4n) is 1.52. The fraction of sp³-hybridized carbons (Fsp3) is 0.667. The smallest absolute Gasteiger partial charge is 0.146 e. The van der Waals surface area contributed by atoms with Crippen molar-refractivity contribution in [3.63, 3.8) is 0 Å². The van der Waals surface area contributed by atoms with Crippen LogP contribution in [0.1, 0.15) is 30.3 Å². The number of rotatable bonds is 4. The van der Waals surface area contributed by atoms with Gasteiger partial charge in [-0.25, -0.2) is 9.66 Å². The van der Waals surface area contributed by atoms with Crippen LogP contribution in [-0.2, 0) is 6.42 Å². The Balaban J connectivity index is 2.18. The molecule has 0 aliphatic heterocycles. The van der Waals surface area contributed by atoms with E-state index in [9.17, 15) is 0 Å². The summed E-state index contributed by atoms with van der Waals surface area (Å²) in [6.07, 6.45) is 5.40. The van der Waals surface area contributed by atoms with Gasteiger partial charge in [0.05, 0.1) is 5.69 Å². The number of thioether (sulfide) groups is 1. The van der Waals surface area contributed by atoms with Gasteiger partial charge in [-0.3, -0.25) is 0 Å². The molecule has 4 N–H and O–H groups in total. The summed E-state index contributed by atoms with van der Waals surface area (Å²) in [5, 5.41) is 0. The Hall–Kier alpha value is -0.840. The molecule has 2 rings (SSSR count). The third-order valence-corrected chi connectivity index (χ3v) is 3.15. The molecular formula is C9H16N4S. The summed E-state index contributed by atoms with van der Waals surface area (Å²) in [5.41, 5.74) is 6.84. The zero-order valence-corrected chi connectivity index (χ0v) is 9.18. The second-order valence-corrected chi connectivity index (χ2v) is 4.67. The monoisotopic (exact) mass is 212 g/mol. The van der Waals surface area contributed by atoms with Crippen molar-refractivity contribution in [3.8, 4) is 0 Å². The maximum atomic E-state index is 5.88. The van der Waals surface area contributed by atoms with Crippen molar-refractivity contribution < 1.29 is 0 Å². The summed E-state index contributed by atoms with van der Waals surface area (Å²) in [4.78, 5) is 4.51. The molecule has 0 atom stereocenters. The first-order valence-corrected chi connectivity index (χ1v) is 6.24. The van der Waals surface area contributed by atoms with E-state index in [0.717, 1.165) is 23.7 Å². The lowest BCUT2D eigenvalue weighted by atomic mass is 10.3. The van der Waals surface area contributed by atoms with Crippen molar-refractivity contribution in [2.45, 2.75) is 25.2 Å². The molecule has 1 saturated carbocycles. The van der Waals surface area contributed by atoms with Crippen LogP contribution < -0.4 is 11.6 Å². The topological polar surface area (TPSA) is 69.9 Å². The van der Waals surface area contributed by atoms with Crippen molar-refractivity contribution in [1.82, 2.24) is 9.66 Å². The molecule has 1 aromatic rings. The average molecular weight is 212 g/mol. The van der Waals surface area contributed by atoms with E-state index in [0.29, 0.717) is 11.7 Å². The van der Waals surface area contributed by atoms with Gasteiger partial charge in [0.25, 0.3) is 0 Å². The van der Waals surface area contributed by atoms with Crippen LogP contribution in [0.5, 0.6) is 0 Å². The van der Waals surface area contributed by atoms with Gasteiger partial charge in [0.2, 0.25) is 0 Å². The number of nitrogen functional groups attached to an aromatic ring is 2. The normalized spacial score (nSPS) is 16.1. The Kier molecular flexibility index (Phi) is 2.58. The maximum absolute atomic E-state index is 5.88. The maximum Gasteiger partial charge on any atom is 0.146 e. The number of imidazole rings is 1. The Labute approximate surface area is 88.0 Å². The first-order chi connectivity index (χ1) is 6.74. The molecule has 0 bridgehead atoms. The number of nitrogens with two attached hydrogens (primary N) is 2. The van der Waals surface area contributed by atoms with Gasteiger partial charge < -0.3 is 11.6 Å². The molecule has 0 aromatic carbocycles. The van der Waals surface area contributed by atoms with E-state index < -0.39 is 0 Å². The van der Waals surface area contributed by atoms with Crippen LogP contribution in [0, 0.1) is 0 Å². The number of anilines is 1. The van der Waals surface area contributed by atoms with Crippen molar-refractivity contribution >= 4 is 17.6 Å². The lowest BCUT2D eigenvalue weighted by Gasteiger charge is -1.99. The molecular weight excluding hydrogens is 196 g/mol. The van der Waals surface area contributed by atoms with Crippen LogP contribution in [0.4, 0.5) is 5.82 Å². The van der Waals surface area contributed by atoms with Crippen molar-refractivity contribution in [2.24, 2.45) is 0 Å². The lowest BCUT2D eigenvalue weighted by Crippen LogP contribution is -2.15. The summed E-state index contributed by atoms with van der Waals surface area (Å²) in [7, 11) is 0. The summed E-state index contributed by atoms with van der Waals surface area (Å²) >= 11 is 1.80. The molecule has 0 spiro atoms. The fourth-order valence-corrected chi connectivity index (χ4v) is 1.92. The Morgan fingerprint density at radius 3 is 2.86 bits per heavy atom.